The molecule has 7 nitrogen and oxygen atoms in total. The van der Waals surface area contributed by atoms with Gasteiger partial charge in [0.15, 0.2) is 11.9 Å². The van der Waals surface area contributed by atoms with Gasteiger partial charge in [0.2, 0.25) is 0 Å². The molecule has 32 heavy (non-hydrogen) atoms. The molecule has 3 heterocycles. The Morgan fingerprint density at radius 1 is 1.22 bits per heavy atom. The number of primary amides is 1. The maximum atomic E-state index is 13.7. The van der Waals surface area contributed by atoms with Crippen molar-refractivity contribution in [3.05, 3.63) is 70.9 Å². The van der Waals surface area contributed by atoms with Crippen LogP contribution in [0.4, 0.5) is 5.69 Å². The molecule has 1 atom stereocenters. The third-order valence-electron chi connectivity index (χ3n) is 5.17. The number of furan rings is 1. The average molecular weight is 466 g/mol. The van der Waals surface area contributed by atoms with Crippen LogP contribution in [0.25, 0.3) is 11.0 Å². The number of nitrogens with zero attached hydrogens (tertiary/aromatic N) is 2. The van der Waals surface area contributed by atoms with Crippen LogP contribution in [0.3, 0.4) is 0 Å². The average Bonchev–Trinajstić information content (AvgIpc) is 3.39. The number of aryl methyl sites for hydroxylation is 1. The van der Waals surface area contributed by atoms with Gasteiger partial charge in [0.1, 0.15) is 15.7 Å². The Labute approximate surface area is 192 Å². The van der Waals surface area contributed by atoms with Crippen LogP contribution in [0.2, 0.25) is 0 Å². The number of aromatic nitrogens is 1. The van der Waals surface area contributed by atoms with E-state index in [0.29, 0.717) is 22.8 Å². The molecule has 0 spiro atoms. The number of para-hydroxylation sites is 3. The lowest BCUT2D eigenvalue weighted by molar-refractivity contribution is -0.124. The second-order valence-electron chi connectivity index (χ2n) is 7.34. The Balaban J connectivity index is 1.55. The van der Waals surface area contributed by atoms with Crippen molar-refractivity contribution in [1.29, 1.82) is 0 Å². The summed E-state index contributed by atoms with van der Waals surface area (Å²) in [4.78, 5) is 31.6. The van der Waals surface area contributed by atoms with Crippen molar-refractivity contribution >= 4 is 51.6 Å². The molecular weight excluding hydrogens is 446 g/mol. The van der Waals surface area contributed by atoms with Crippen molar-refractivity contribution in [2.24, 2.45) is 5.73 Å². The zero-order valence-electron chi connectivity index (χ0n) is 17.1. The summed E-state index contributed by atoms with van der Waals surface area (Å²) in [5.74, 6) is 0.232. The van der Waals surface area contributed by atoms with Gasteiger partial charge in [-0.15, -0.1) is 11.3 Å². The first-order valence-electron chi connectivity index (χ1n) is 9.93. The lowest BCUT2D eigenvalue weighted by Crippen LogP contribution is -2.49. The predicted octanol–water partition coefficient (Wildman–Crippen LogP) is 4.38. The monoisotopic (exact) mass is 465 g/mol. The third-order valence-corrected chi connectivity index (χ3v) is 7.33. The van der Waals surface area contributed by atoms with Gasteiger partial charge in [-0.05, 0) is 25.1 Å². The largest absolute Gasteiger partial charge is 0.477 e. The first-order valence-corrected chi connectivity index (χ1v) is 11.8. The van der Waals surface area contributed by atoms with E-state index in [1.807, 2.05) is 42.6 Å². The Hall–Kier alpha value is -3.30. The van der Waals surface area contributed by atoms with Crippen LogP contribution in [0.5, 0.6) is 5.75 Å². The number of hydrogen-bond donors (Lipinski definition) is 1. The molecule has 1 unspecified atom stereocenters. The van der Waals surface area contributed by atoms with E-state index < -0.39 is 12.0 Å². The van der Waals surface area contributed by atoms with Gasteiger partial charge in [-0.1, -0.05) is 42.1 Å². The SMILES string of the molecule is Cc1csc(SCc2c(C(=O)N3CC(C(N)=O)Oc4ccccc43)oc3ccccc23)n1. The summed E-state index contributed by atoms with van der Waals surface area (Å²) >= 11 is 3.13. The highest BCUT2D eigenvalue weighted by molar-refractivity contribution is 8.00. The number of rotatable bonds is 5. The Morgan fingerprint density at radius 2 is 2.00 bits per heavy atom. The highest BCUT2D eigenvalue weighted by atomic mass is 32.2. The number of nitrogens with two attached hydrogens (primary N) is 1. The second-order valence-corrected chi connectivity index (χ2v) is 9.42. The number of hydrogen-bond acceptors (Lipinski definition) is 7. The molecule has 2 N–H and O–H groups in total. The molecular formula is C23H19N3O4S2. The Morgan fingerprint density at radius 3 is 2.78 bits per heavy atom. The van der Waals surface area contributed by atoms with E-state index in [0.717, 1.165) is 21.0 Å². The Kier molecular flexibility index (Phi) is 5.36. The van der Waals surface area contributed by atoms with Crippen LogP contribution in [-0.2, 0) is 10.5 Å². The molecule has 2 amide bonds. The number of amides is 2. The molecule has 1 aliphatic heterocycles. The first kappa shape index (κ1) is 20.6. The van der Waals surface area contributed by atoms with E-state index in [-0.39, 0.29) is 18.2 Å². The number of fused-ring (bicyclic) bond motifs is 2. The van der Waals surface area contributed by atoms with Crippen LogP contribution in [-0.4, -0.2) is 29.4 Å². The van der Waals surface area contributed by atoms with E-state index in [1.165, 1.54) is 4.90 Å². The maximum absolute atomic E-state index is 13.7. The minimum Gasteiger partial charge on any atom is -0.477 e. The molecule has 1 aliphatic rings. The quantitative estimate of drug-likeness (QED) is 0.439. The second kappa shape index (κ2) is 8.33. The van der Waals surface area contributed by atoms with E-state index >= 15 is 0 Å². The zero-order chi connectivity index (χ0) is 22.2. The molecule has 0 radical (unpaired) electrons. The molecule has 9 heteroatoms. The normalized spacial score (nSPS) is 15.4. The topological polar surface area (TPSA) is 98.7 Å². The van der Waals surface area contributed by atoms with Crippen LogP contribution in [0.1, 0.15) is 21.8 Å². The van der Waals surface area contributed by atoms with Gasteiger partial charge < -0.3 is 14.9 Å². The molecule has 0 saturated heterocycles. The highest BCUT2D eigenvalue weighted by Gasteiger charge is 2.35. The minimum absolute atomic E-state index is 0.0144. The van der Waals surface area contributed by atoms with E-state index in [2.05, 4.69) is 4.98 Å². The van der Waals surface area contributed by atoms with Gasteiger partial charge in [0.25, 0.3) is 11.8 Å². The van der Waals surface area contributed by atoms with Gasteiger partial charge in [-0.25, -0.2) is 4.98 Å². The summed E-state index contributed by atoms with van der Waals surface area (Å²) in [5.41, 5.74) is 8.46. The lowest BCUT2D eigenvalue weighted by Gasteiger charge is -2.33. The number of thioether (sulfide) groups is 1. The van der Waals surface area contributed by atoms with Crippen molar-refractivity contribution in [3.63, 3.8) is 0 Å². The molecule has 5 rings (SSSR count). The minimum atomic E-state index is -0.936. The van der Waals surface area contributed by atoms with Crippen LogP contribution in [0.15, 0.2) is 62.7 Å². The van der Waals surface area contributed by atoms with E-state index in [4.69, 9.17) is 14.9 Å². The molecule has 4 aromatic rings. The zero-order valence-corrected chi connectivity index (χ0v) is 18.7. The van der Waals surface area contributed by atoms with Gasteiger partial charge in [0, 0.05) is 27.8 Å². The summed E-state index contributed by atoms with van der Waals surface area (Å²) in [7, 11) is 0. The number of carbonyl (C=O) groups is 2. The van der Waals surface area contributed by atoms with Crippen molar-refractivity contribution < 1.29 is 18.7 Å². The standard InChI is InChI=1S/C23H19N3O4S2/c1-13-11-31-23(25-13)32-12-15-14-6-2-4-8-17(14)30-20(15)22(28)26-10-19(21(24)27)29-18-9-5-3-7-16(18)26/h2-9,11,19H,10,12H2,1H3,(H2,24,27). The summed E-state index contributed by atoms with van der Waals surface area (Å²) in [6, 6.07) is 14.7. The van der Waals surface area contributed by atoms with Crippen molar-refractivity contribution in [1.82, 2.24) is 4.98 Å². The highest BCUT2D eigenvalue weighted by Crippen LogP contribution is 2.37. The molecule has 162 valence electrons. The summed E-state index contributed by atoms with van der Waals surface area (Å²) in [6.45, 7) is 1.97. The Bertz CT molecular complexity index is 1330. The summed E-state index contributed by atoms with van der Waals surface area (Å²) in [6.07, 6.45) is -0.936. The number of benzene rings is 2. The summed E-state index contributed by atoms with van der Waals surface area (Å²) < 4.78 is 12.7. The third kappa shape index (κ3) is 3.74. The fourth-order valence-electron chi connectivity index (χ4n) is 3.64. The van der Waals surface area contributed by atoms with Crippen molar-refractivity contribution in [2.45, 2.75) is 23.1 Å². The van der Waals surface area contributed by atoms with Gasteiger partial charge in [-0.2, -0.15) is 0 Å². The van der Waals surface area contributed by atoms with Gasteiger partial charge in [-0.3, -0.25) is 14.5 Å². The summed E-state index contributed by atoms with van der Waals surface area (Å²) in [5, 5.41) is 2.88. The van der Waals surface area contributed by atoms with Crippen LogP contribution >= 0.6 is 23.1 Å². The lowest BCUT2D eigenvalue weighted by atomic mass is 10.1. The van der Waals surface area contributed by atoms with Crippen molar-refractivity contribution in [2.75, 3.05) is 11.4 Å². The molecule has 0 fully saturated rings. The van der Waals surface area contributed by atoms with E-state index in [1.54, 1.807) is 41.3 Å². The predicted molar refractivity (Wildman–Crippen MR) is 124 cm³/mol. The fraction of sp³-hybridized carbons (Fsp3) is 0.174. The number of ether oxygens (including phenoxy) is 1. The van der Waals surface area contributed by atoms with Gasteiger partial charge >= 0.3 is 0 Å². The number of carbonyl (C=O) groups excluding carboxylic acids is 2. The van der Waals surface area contributed by atoms with Gasteiger partial charge in [0.05, 0.1) is 12.2 Å². The van der Waals surface area contributed by atoms with Crippen LogP contribution in [0, 0.1) is 6.92 Å². The molecule has 2 aromatic carbocycles. The van der Waals surface area contributed by atoms with Crippen LogP contribution < -0.4 is 15.4 Å². The smallest absolute Gasteiger partial charge is 0.294 e. The molecule has 0 aliphatic carbocycles. The first-order chi connectivity index (χ1) is 15.5. The molecule has 0 saturated carbocycles. The van der Waals surface area contributed by atoms with Crippen molar-refractivity contribution in [3.8, 4) is 5.75 Å². The van der Waals surface area contributed by atoms with E-state index in [9.17, 15) is 9.59 Å². The number of anilines is 1. The molecule has 2 aromatic heterocycles. The molecule has 0 bridgehead atoms. The number of thiazole rings is 1. The maximum Gasteiger partial charge on any atom is 0.294 e. The fourth-order valence-corrected chi connectivity index (χ4v) is 5.52.